The van der Waals surface area contributed by atoms with Crippen molar-refractivity contribution in [3.63, 3.8) is 0 Å². The van der Waals surface area contributed by atoms with Crippen molar-refractivity contribution >= 4 is 5.91 Å². The summed E-state index contributed by atoms with van der Waals surface area (Å²) in [6.45, 7) is 2.27. The summed E-state index contributed by atoms with van der Waals surface area (Å²) >= 11 is 0. The molecule has 20 heavy (non-hydrogen) atoms. The average Bonchev–Trinajstić information content (AvgIpc) is 2.46. The molecule has 1 saturated heterocycles. The fourth-order valence-corrected chi connectivity index (χ4v) is 2.47. The predicted octanol–water partition coefficient (Wildman–Crippen LogP) is 0.939. The Bertz CT molecular complexity index is 507. The minimum atomic E-state index is -0.610. The van der Waals surface area contributed by atoms with Crippen LogP contribution in [0.25, 0.3) is 0 Å². The minimum Gasteiger partial charge on any atom is -0.381 e. The molecular weight excluding hydrogens is 258 g/mol. The number of carbonyl (C=O) groups excluding carboxylic acids is 1. The van der Waals surface area contributed by atoms with Crippen LogP contribution in [0.2, 0.25) is 0 Å². The first-order chi connectivity index (χ1) is 9.66. The van der Waals surface area contributed by atoms with Crippen LogP contribution in [0.1, 0.15) is 42.6 Å². The van der Waals surface area contributed by atoms with Crippen molar-refractivity contribution in [3.05, 3.63) is 28.2 Å². The number of nitrogens with two attached hydrogens (primary N) is 1. The predicted molar refractivity (Wildman–Crippen MR) is 74.4 cm³/mol. The molecule has 1 aliphatic heterocycles. The van der Waals surface area contributed by atoms with Crippen LogP contribution in [0.5, 0.6) is 0 Å². The zero-order chi connectivity index (χ0) is 14.4. The Kier molecular flexibility index (Phi) is 5.29. The second-order valence-corrected chi connectivity index (χ2v) is 5.20. The van der Waals surface area contributed by atoms with Gasteiger partial charge in [-0.25, -0.2) is 4.68 Å². The summed E-state index contributed by atoms with van der Waals surface area (Å²) in [4.78, 5) is 22.7. The van der Waals surface area contributed by atoms with Gasteiger partial charge in [-0.3, -0.25) is 9.59 Å². The number of amides is 1. The Morgan fingerprint density at radius 3 is 2.80 bits per heavy atom. The molecule has 0 atom stereocenters. The van der Waals surface area contributed by atoms with E-state index in [1.54, 1.807) is 0 Å². The molecule has 6 nitrogen and oxygen atoms in total. The second kappa shape index (κ2) is 7.19. The molecule has 0 aromatic carbocycles. The van der Waals surface area contributed by atoms with E-state index < -0.39 is 5.91 Å². The molecule has 6 heteroatoms. The molecule has 1 amide bonds. The van der Waals surface area contributed by atoms with E-state index in [0.717, 1.165) is 51.2 Å². The van der Waals surface area contributed by atoms with Gasteiger partial charge in [-0.1, -0.05) is 12.8 Å². The number of ether oxygens (including phenoxy) is 1. The third-order valence-electron chi connectivity index (χ3n) is 3.69. The molecule has 1 aromatic rings. The smallest absolute Gasteiger partial charge is 0.269 e. The summed E-state index contributed by atoms with van der Waals surface area (Å²) in [5.41, 5.74) is 5.10. The first kappa shape index (κ1) is 14.7. The van der Waals surface area contributed by atoms with Crippen LogP contribution >= 0.6 is 0 Å². The molecule has 110 valence electrons. The topological polar surface area (TPSA) is 87.2 Å². The van der Waals surface area contributed by atoms with E-state index in [1.165, 1.54) is 16.8 Å². The van der Waals surface area contributed by atoms with E-state index in [4.69, 9.17) is 10.5 Å². The molecule has 0 spiro atoms. The van der Waals surface area contributed by atoms with Crippen molar-refractivity contribution in [2.75, 3.05) is 13.2 Å². The van der Waals surface area contributed by atoms with Crippen LogP contribution in [0, 0.1) is 5.92 Å². The Labute approximate surface area is 117 Å². The van der Waals surface area contributed by atoms with Crippen molar-refractivity contribution in [3.8, 4) is 0 Å². The summed E-state index contributed by atoms with van der Waals surface area (Å²) in [6, 6.07) is 2.70. The van der Waals surface area contributed by atoms with Gasteiger partial charge in [0.15, 0.2) is 0 Å². The van der Waals surface area contributed by atoms with Gasteiger partial charge >= 0.3 is 0 Å². The average molecular weight is 279 g/mol. The van der Waals surface area contributed by atoms with E-state index in [0.29, 0.717) is 6.54 Å². The molecule has 0 bridgehead atoms. The molecule has 1 aromatic heterocycles. The van der Waals surface area contributed by atoms with E-state index >= 15 is 0 Å². The van der Waals surface area contributed by atoms with Gasteiger partial charge in [-0.15, -0.1) is 0 Å². The first-order valence-electron chi connectivity index (χ1n) is 7.12. The number of unbranched alkanes of at least 4 members (excludes halogenated alkanes) is 1. The Balaban J connectivity index is 1.80. The highest BCUT2D eigenvalue weighted by Gasteiger charge is 2.13. The maximum Gasteiger partial charge on any atom is 0.269 e. The van der Waals surface area contributed by atoms with Gasteiger partial charge in [-0.2, -0.15) is 5.10 Å². The van der Waals surface area contributed by atoms with Crippen molar-refractivity contribution in [1.82, 2.24) is 9.78 Å². The molecule has 2 heterocycles. The SMILES string of the molecule is NC(=O)c1ccc(=O)n(CCCCC2CCOCC2)n1. The van der Waals surface area contributed by atoms with Crippen LogP contribution < -0.4 is 11.3 Å². The van der Waals surface area contributed by atoms with E-state index in [1.807, 2.05) is 0 Å². The molecule has 1 fully saturated rings. The monoisotopic (exact) mass is 279 g/mol. The lowest BCUT2D eigenvalue weighted by atomic mass is 9.94. The molecule has 2 N–H and O–H groups in total. The van der Waals surface area contributed by atoms with Crippen LogP contribution in [-0.2, 0) is 11.3 Å². The highest BCUT2D eigenvalue weighted by atomic mass is 16.5. The van der Waals surface area contributed by atoms with Gasteiger partial charge in [0.1, 0.15) is 5.69 Å². The fourth-order valence-electron chi connectivity index (χ4n) is 2.47. The normalized spacial score (nSPS) is 16.2. The van der Waals surface area contributed by atoms with Crippen molar-refractivity contribution < 1.29 is 9.53 Å². The molecule has 1 aliphatic rings. The van der Waals surface area contributed by atoms with Gasteiger partial charge in [0.25, 0.3) is 11.5 Å². The summed E-state index contributed by atoms with van der Waals surface area (Å²) in [6.07, 6.45) is 5.37. The number of hydrogen-bond donors (Lipinski definition) is 1. The zero-order valence-corrected chi connectivity index (χ0v) is 11.6. The Morgan fingerprint density at radius 2 is 2.10 bits per heavy atom. The van der Waals surface area contributed by atoms with Gasteiger partial charge in [0.2, 0.25) is 0 Å². The van der Waals surface area contributed by atoms with E-state index in [9.17, 15) is 9.59 Å². The van der Waals surface area contributed by atoms with Gasteiger partial charge < -0.3 is 10.5 Å². The van der Waals surface area contributed by atoms with Crippen LogP contribution in [0.15, 0.2) is 16.9 Å². The van der Waals surface area contributed by atoms with Crippen LogP contribution in [0.3, 0.4) is 0 Å². The highest BCUT2D eigenvalue weighted by molar-refractivity contribution is 5.90. The molecular formula is C14H21N3O3. The van der Waals surface area contributed by atoms with Gasteiger partial charge in [-0.05, 0) is 31.2 Å². The standard InChI is InChI=1S/C14H21N3O3/c15-14(19)12-4-5-13(18)17(16-12)8-2-1-3-11-6-9-20-10-7-11/h4-5,11H,1-3,6-10H2,(H2,15,19). The molecule has 0 radical (unpaired) electrons. The summed E-state index contributed by atoms with van der Waals surface area (Å²) < 4.78 is 6.65. The zero-order valence-electron chi connectivity index (χ0n) is 11.6. The summed E-state index contributed by atoms with van der Waals surface area (Å²) in [5, 5.41) is 3.97. The molecule has 2 rings (SSSR count). The van der Waals surface area contributed by atoms with Gasteiger partial charge in [0, 0.05) is 25.8 Å². The number of primary amides is 1. The summed E-state index contributed by atoms with van der Waals surface area (Å²) in [5.74, 6) is 0.131. The third-order valence-corrected chi connectivity index (χ3v) is 3.69. The summed E-state index contributed by atoms with van der Waals surface area (Å²) in [7, 11) is 0. The van der Waals surface area contributed by atoms with Crippen molar-refractivity contribution in [1.29, 1.82) is 0 Å². The number of nitrogens with zero attached hydrogens (tertiary/aromatic N) is 2. The maximum atomic E-state index is 11.6. The minimum absolute atomic E-state index is 0.133. The molecule has 0 saturated carbocycles. The lowest BCUT2D eigenvalue weighted by Gasteiger charge is -2.21. The largest absolute Gasteiger partial charge is 0.381 e. The van der Waals surface area contributed by atoms with Crippen molar-refractivity contribution in [2.24, 2.45) is 11.7 Å². The maximum absolute atomic E-state index is 11.6. The lowest BCUT2D eigenvalue weighted by Crippen LogP contribution is -2.26. The third kappa shape index (κ3) is 4.16. The van der Waals surface area contributed by atoms with Gasteiger partial charge in [0.05, 0.1) is 0 Å². The van der Waals surface area contributed by atoms with E-state index in [2.05, 4.69) is 5.10 Å². The van der Waals surface area contributed by atoms with E-state index in [-0.39, 0.29) is 11.3 Å². The first-order valence-corrected chi connectivity index (χ1v) is 7.12. The lowest BCUT2D eigenvalue weighted by molar-refractivity contribution is 0.0630. The number of aromatic nitrogens is 2. The molecule has 0 aliphatic carbocycles. The highest BCUT2D eigenvalue weighted by Crippen LogP contribution is 2.20. The van der Waals surface area contributed by atoms with Crippen LogP contribution in [0.4, 0.5) is 0 Å². The number of aryl methyl sites for hydroxylation is 1. The second-order valence-electron chi connectivity index (χ2n) is 5.20. The Hall–Kier alpha value is -1.69. The van der Waals surface area contributed by atoms with Crippen molar-refractivity contribution in [2.45, 2.75) is 38.6 Å². The molecule has 0 unspecified atom stereocenters. The number of hydrogen-bond acceptors (Lipinski definition) is 4. The number of carbonyl (C=O) groups is 1. The van der Waals surface area contributed by atoms with Crippen LogP contribution in [-0.4, -0.2) is 28.9 Å². The Morgan fingerprint density at radius 1 is 1.35 bits per heavy atom. The fraction of sp³-hybridized carbons (Fsp3) is 0.643. The quantitative estimate of drug-likeness (QED) is 0.785. The number of rotatable bonds is 6.